The van der Waals surface area contributed by atoms with Crippen LogP contribution >= 0.6 is 0 Å². The Labute approximate surface area is 146 Å². The Morgan fingerprint density at radius 2 is 1.96 bits per heavy atom. The zero-order valence-electron chi connectivity index (χ0n) is 14.4. The minimum Gasteiger partial charge on any atom is -0.506 e. The summed E-state index contributed by atoms with van der Waals surface area (Å²) in [6, 6.07) is 4.12. The van der Waals surface area contributed by atoms with E-state index < -0.39 is 12.0 Å². The van der Waals surface area contributed by atoms with E-state index in [1.165, 1.54) is 6.07 Å². The molecule has 0 aliphatic carbocycles. The van der Waals surface area contributed by atoms with Gasteiger partial charge in [0.15, 0.2) is 0 Å². The van der Waals surface area contributed by atoms with Gasteiger partial charge in [0.25, 0.3) is 0 Å². The SMILES string of the molecule is CCOC(=O)[C@H](Cc1ccc(O)c(NC(=O)CCCC(=O)O)c1)NC. The first-order valence-electron chi connectivity index (χ1n) is 8.04. The van der Waals surface area contributed by atoms with E-state index in [2.05, 4.69) is 10.6 Å². The summed E-state index contributed by atoms with van der Waals surface area (Å²) < 4.78 is 4.98. The first-order chi connectivity index (χ1) is 11.9. The Bertz CT molecular complexity index is 617. The van der Waals surface area contributed by atoms with Crippen LogP contribution in [0.25, 0.3) is 0 Å². The lowest BCUT2D eigenvalue weighted by Crippen LogP contribution is -2.37. The van der Waals surface area contributed by atoms with Crippen LogP contribution in [-0.2, 0) is 25.5 Å². The predicted molar refractivity (Wildman–Crippen MR) is 91.4 cm³/mol. The fourth-order valence-electron chi connectivity index (χ4n) is 2.20. The highest BCUT2D eigenvalue weighted by Crippen LogP contribution is 2.25. The van der Waals surface area contributed by atoms with E-state index >= 15 is 0 Å². The maximum atomic E-state index is 11.8. The molecule has 1 aromatic rings. The number of aliphatic carboxylic acids is 1. The Morgan fingerprint density at radius 1 is 1.24 bits per heavy atom. The van der Waals surface area contributed by atoms with Gasteiger partial charge in [-0.05, 0) is 44.5 Å². The number of ether oxygens (including phenoxy) is 1. The van der Waals surface area contributed by atoms with E-state index in [-0.39, 0.29) is 49.2 Å². The number of likely N-dealkylation sites (N-methyl/N-ethyl adjacent to an activating group) is 1. The summed E-state index contributed by atoms with van der Waals surface area (Å²) in [4.78, 5) is 34.1. The average molecular weight is 352 g/mol. The van der Waals surface area contributed by atoms with E-state index in [0.29, 0.717) is 6.42 Å². The average Bonchev–Trinajstić information content (AvgIpc) is 2.55. The van der Waals surface area contributed by atoms with Crippen LogP contribution in [0.4, 0.5) is 5.69 Å². The van der Waals surface area contributed by atoms with Crippen molar-refractivity contribution < 1.29 is 29.3 Å². The van der Waals surface area contributed by atoms with E-state index in [0.717, 1.165) is 5.56 Å². The van der Waals surface area contributed by atoms with E-state index in [9.17, 15) is 19.5 Å². The first-order valence-corrected chi connectivity index (χ1v) is 8.04. The van der Waals surface area contributed by atoms with Crippen LogP contribution in [0.3, 0.4) is 0 Å². The second-order valence-electron chi connectivity index (χ2n) is 5.44. The summed E-state index contributed by atoms with van der Waals surface area (Å²) in [7, 11) is 1.65. The number of hydrogen-bond donors (Lipinski definition) is 4. The Kier molecular flexibility index (Phi) is 8.42. The first kappa shape index (κ1) is 20.4. The lowest BCUT2D eigenvalue weighted by Gasteiger charge is -2.16. The Hall–Kier alpha value is -2.61. The molecular formula is C17H24N2O6. The van der Waals surface area contributed by atoms with Crippen molar-refractivity contribution in [3.8, 4) is 5.75 Å². The van der Waals surface area contributed by atoms with Gasteiger partial charge in [-0.25, -0.2) is 0 Å². The fraction of sp³-hybridized carbons (Fsp3) is 0.471. The number of hydrogen-bond acceptors (Lipinski definition) is 6. The number of carbonyl (C=O) groups excluding carboxylic acids is 2. The largest absolute Gasteiger partial charge is 0.506 e. The van der Waals surface area contributed by atoms with Crippen molar-refractivity contribution in [3.05, 3.63) is 23.8 Å². The fourth-order valence-corrected chi connectivity index (χ4v) is 2.20. The van der Waals surface area contributed by atoms with Crippen LogP contribution < -0.4 is 10.6 Å². The molecule has 4 N–H and O–H groups in total. The van der Waals surface area contributed by atoms with Gasteiger partial charge in [0.05, 0.1) is 12.3 Å². The number of carbonyl (C=O) groups is 3. The number of amides is 1. The van der Waals surface area contributed by atoms with Crippen molar-refractivity contribution in [2.24, 2.45) is 0 Å². The number of carboxylic acid groups (broad SMARTS) is 1. The summed E-state index contributed by atoms with van der Waals surface area (Å²) in [5.41, 5.74) is 0.947. The molecule has 0 aliphatic rings. The summed E-state index contributed by atoms with van der Waals surface area (Å²) in [6.07, 6.45) is 0.491. The van der Waals surface area contributed by atoms with E-state index in [1.54, 1.807) is 26.1 Å². The van der Waals surface area contributed by atoms with Gasteiger partial charge < -0.3 is 25.6 Å². The van der Waals surface area contributed by atoms with Crippen molar-refractivity contribution in [3.63, 3.8) is 0 Å². The number of aromatic hydroxyl groups is 1. The number of esters is 1. The number of phenols is 1. The van der Waals surface area contributed by atoms with Crippen LogP contribution in [0.5, 0.6) is 5.75 Å². The van der Waals surface area contributed by atoms with Crippen molar-refractivity contribution >= 4 is 23.5 Å². The van der Waals surface area contributed by atoms with E-state index in [4.69, 9.17) is 9.84 Å². The Morgan fingerprint density at radius 3 is 2.56 bits per heavy atom. The van der Waals surface area contributed by atoms with Crippen molar-refractivity contribution in [1.82, 2.24) is 5.32 Å². The zero-order valence-corrected chi connectivity index (χ0v) is 14.4. The molecular weight excluding hydrogens is 328 g/mol. The summed E-state index contributed by atoms with van der Waals surface area (Å²) in [5.74, 6) is -1.83. The van der Waals surface area contributed by atoms with Crippen LogP contribution in [0.1, 0.15) is 31.7 Å². The lowest BCUT2D eigenvalue weighted by molar-refractivity contribution is -0.145. The molecule has 1 amide bonds. The highest BCUT2D eigenvalue weighted by atomic mass is 16.5. The van der Waals surface area contributed by atoms with Crippen LogP contribution in [0, 0.1) is 0 Å². The molecule has 8 nitrogen and oxygen atoms in total. The van der Waals surface area contributed by atoms with Crippen molar-refractivity contribution in [2.75, 3.05) is 19.0 Å². The van der Waals surface area contributed by atoms with Crippen molar-refractivity contribution in [1.29, 1.82) is 0 Å². The molecule has 0 unspecified atom stereocenters. The number of nitrogens with one attached hydrogen (secondary N) is 2. The molecule has 0 saturated heterocycles. The quantitative estimate of drug-likeness (QED) is 0.369. The van der Waals surface area contributed by atoms with Gasteiger partial charge in [0.2, 0.25) is 5.91 Å². The third-order valence-corrected chi connectivity index (χ3v) is 3.49. The minimum atomic E-state index is -0.963. The topological polar surface area (TPSA) is 125 Å². The normalized spacial score (nSPS) is 11.6. The van der Waals surface area contributed by atoms with Gasteiger partial charge in [0, 0.05) is 12.8 Å². The molecule has 138 valence electrons. The Balaban J connectivity index is 2.73. The number of anilines is 1. The van der Waals surface area contributed by atoms with Crippen LogP contribution in [0.15, 0.2) is 18.2 Å². The molecule has 0 radical (unpaired) electrons. The molecule has 1 atom stereocenters. The molecule has 0 spiro atoms. The molecule has 0 aliphatic heterocycles. The molecule has 0 saturated carbocycles. The monoisotopic (exact) mass is 352 g/mol. The number of phenolic OH excluding ortho intramolecular Hbond substituents is 1. The number of benzene rings is 1. The van der Waals surface area contributed by atoms with Crippen LogP contribution in [-0.4, -0.2) is 47.8 Å². The molecule has 1 aromatic carbocycles. The number of carboxylic acids is 1. The summed E-state index contributed by atoms with van der Waals surface area (Å²) in [5, 5.41) is 23.9. The molecule has 0 fully saturated rings. The molecule has 25 heavy (non-hydrogen) atoms. The third-order valence-electron chi connectivity index (χ3n) is 3.49. The minimum absolute atomic E-state index is 0.0396. The second-order valence-corrected chi connectivity index (χ2v) is 5.44. The van der Waals surface area contributed by atoms with E-state index in [1.807, 2.05) is 0 Å². The maximum Gasteiger partial charge on any atom is 0.323 e. The van der Waals surface area contributed by atoms with Crippen LogP contribution in [0.2, 0.25) is 0 Å². The zero-order chi connectivity index (χ0) is 18.8. The lowest BCUT2D eigenvalue weighted by atomic mass is 10.0. The molecule has 0 bridgehead atoms. The third kappa shape index (κ3) is 7.21. The summed E-state index contributed by atoms with van der Waals surface area (Å²) >= 11 is 0. The summed E-state index contributed by atoms with van der Waals surface area (Å²) in [6.45, 7) is 2.01. The smallest absolute Gasteiger partial charge is 0.323 e. The standard InChI is InChI=1S/C17H24N2O6/c1-3-25-17(24)13(18-2)10-11-7-8-14(20)12(9-11)19-15(21)5-4-6-16(22)23/h7-9,13,18,20H,3-6,10H2,1-2H3,(H,19,21)(H,22,23)/t13-/m0/s1. The van der Waals surface area contributed by atoms with Gasteiger partial charge in [-0.2, -0.15) is 0 Å². The highest BCUT2D eigenvalue weighted by molar-refractivity contribution is 5.92. The highest BCUT2D eigenvalue weighted by Gasteiger charge is 2.19. The van der Waals surface area contributed by atoms with Gasteiger partial charge in [-0.15, -0.1) is 0 Å². The molecule has 0 heterocycles. The predicted octanol–water partition coefficient (Wildman–Crippen LogP) is 1.28. The van der Waals surface area contributed by atoms with Gasteiger partial charge >= 0.3 is 11.9 Å². The second kappa shape index (κ2) is 10.3. The molecule has 0 aromatic heterocycles. The number of rotatable bonds is 10. The van der Waals surface area contributed by atoms with Gasteiger partial charge in [-0.1, -0.05) is 6.07 Å². The maximum absolute atomic E-state index is 11.8. The molecule has 8 heteroatoms. The molecule has 1 rings (SSSR count). The van der Waals surface area contributed by atoms with Gasteiger partial charge in [0.1, 0.15) is 11.8 Å². The van der Waals surface area contributed by atoms with Gasteiger partial charge in [-0.3, -0.25) is 14.4 Å². The van der Waals surface area contributed by atoms with Crippen molar-refractivity contribution in [2.45, 2.75) is 38.6 Å².